The number of rotatable bonds is 11. The summed E-state index contributed by atoms with van der Waals surface area (Å²) in [6, 6.07) is 2.39. The van der Waals surface area contributed by atoms with E-state index in [-0.39, 0.29) is 17.4 Å². The van der Waals surface area contributed by atoms with E-state index in [9.17, 15) is 4.79 Å². The summed E-state index contributed by atoms with van der Waals surface area (Å²) < 4.78 is 0. The van der Waals surface area contributed by atoms with Crippen LogP contribution in [0.4, 0.5) is 0 Å². The number of allylic oxidation sites excluding steroid dienone is 11. The van der Waals surface area contributed by atoms with E-state index in [0.29, 0.717) is 5.92 Å². The highest BCUT2D eigenvalue weighted by Gasteiger charge is 2.35. The third kappa shape index (κ3) is 14.5. The zero-order valence-electron chi connectivity index (χ0n) is 32.0. The number of aliphatic imine (C=N–C) groups is 1. The van der Waals surface area contributed by atoms with Gasteiger partial charge in [0.05, 0.1) is 11.6 Å². The van der Waals surface area contributed by atoms with Gasteiger partial charge in [0.15, 0.2) is 0 Å². The Labute approximate surface area is 284 Å². The van der Waals surface area contributed by atoms with E-state index in [1.807, 2.05) is 65.1 Å². The minimum Gasteiger partial charge on any atom is -0.371 e. The molecule has 1 amide bonds. The van der Waals surface area contributed by atoms with Crippen LogP contribution in [0.5, 0.6) is 0 Å². The van der Waals surface area contributed by atoms with Crippen LogP contribution in [0.25, 0.3) is 0 Å². The van der Waals surface area contributed by atoms with E-state index in [1.165, 1.54) is 41.7 Å². The Hall–Kier alpha value is -3.13. The molecular weight excluding hydrogens is 564 g/mol. The highest BCUT2D eigenvalue weighted by molar-refractivity contribution is 6.03. The fraction of sp³-hybridized carbons (Fsp3) is 0.634. The fourth-order valence-corrected chi connectivity index (χ4v) is 5.63. The van der Waals surface area contributed by atoms with Gasteiger partial charge < -0.3 is 9.80 Å². The Morgan fingerprint density at radius 3 is 2.11 bits per heavy atom. The molecule has 2 fully saturated rings. The van der Waals surface area contributed by atoms with Crippen LogP contribution in [0.15, 0.2) is 75.6 Å². The van der Waals surface area contributed by atoms with Crippen LogP contribution >= 0.6 is 0 Å². The van der Waals surface area contributed by atoms with Crippen molar-refractivity contribution < 1.29 is 4.79 Å². The van der Waals surface area contributed by atoms with Crippen molar-refractivity contribution in [2.24, 2.45) is 16.3 Å². The van der Waals surface area contributed by atoms with Crippen molar-refractivity contribution in [2.75, 3.05) is 19.6 Å². The van der Waals surface area contributed by atoms with Gasteiger partial charge >= 0.3 is 0 Å². The van der Waals surface area contributed by atoms with Crippen LogP contribution in [0.1, 0.15) is 135 Å². The van der Waals surface area contributed by atoms with Gasteiger partial charge in [-0.2, -0.15) is 5.26 Å². The molecule has 46 heavy (non-hydrogen) atoms. The van der Waals surface area contributed by atoms with Crippen LogP contribution in [0, 0.1) is 22.7 Å². The predicted octanol–water partition coefficient (Wildman–Crippen LogP) is 11.1. The molecule has 0 aromatic heterocycles. The van der Waals surface area contributed by atoms with E-state index >= 15 is 0 Å². The molecule has 2 rings (SSSR count). The van der Waals surface area contributed by atoms with Crippen molar-refractivity contribution >= 4 is 11.6 Å². The van der Waals surface area contributed by atoms with Crippen molar-refractivity contribution in [3.05, 3.63) is 70.6 Å². The Morgan fingerprint density at radius 1 is 1.02 bits per heavy atom. The van der Waals surface area contributed by atoms with Gasteiger partial charge in [-0.1, -0.05) is 98.1 Å². The lowest BCUT2D eigenvalue weighted by molar-refractivity contribution is -0.143. The molecule has 1 aliphatic heterocycles. The molecule has 5 heteroatoms. The van der Waals surface area contributed by atoms with Crippen LogP contribution in [0.3, 0.4) is 0 Å². The van der Waals surface area contributed by atoms with E-state index in [0.717, 1.165) is 56.6 Å². The second-order valence-electron chi connectivity index (χ2n) is 13.2. The van der Waals surface area contributed by atoms with Gasteiger partial charge in [-0.15, -0.1) is 0 Å². The first-order valence-corrected chi connectivity index (χ1v) is 17.9. The van der Waals surface area contributed by atoms with Crippen LogP contribution in [-0.4, -0.2) is 47.1 Å². The maximum atomic E-state index is 12.8. The molecule has 0 bridgehead atoms. The summed E-state index contributed by atoms with van der Waals surface area (Å²) in [6.45, 7) is 29.7. The summed E-state index contributed by atoms with van der Waals surface area (Å²) in [5.74, 6) is 0.906. The Bertz CT molecular complexity index is 1180. The van der Waals surface area contributed by atoms with E-state index < -0.39 is 0 Å². The Morgan fingerprint density at radius 2 is 1.65 bits per heavy atom. The average molecular weight is 633 g/mol. The number of nitriles is 1. The Kier molecular flexibility index (Phi) is 21.6. The highest BCUT2D eigenvalue weighted by Crippen LogP contribution is 2.39. The zero-order valence-corrected chi connectivity index (χ0v) is 32.0. The topological polar surface area (TPSA) is 59.7 Å². The summed E-state index contributed by atoms with van der Waals surface area (Å²) in [7, 11) is 0. The van der Waals surface area contributed by atoms with Gasteiger partial charge in [0.1, 0.15) is 0 Å². The Balaban J connectivity index is 0.00000106. The molecular formula is C41H68N4O. The van der Waals surface area contributed by atoms with Crippen molar-refractivity contribution in [1.29, 1.82) is 5.26 Å². The van der Waals surface area contributed by atoms with E-state index in [2.05, 4.69) is 83.4 Å². The van der Waals surface area contributed by atoms with E-state index in [1.54, 1.807) is 0 Å². The van der Waals surface area contributed by atoms with Gasteiger partial charge in [0.2, 0.25) is 5.91 Å². The van der Waals surface area contributed by atoms with Crippen molar-refractivity contribution in [3.8, 4) is 6.07 Å². The lowest BCUT2D eigenvalue weighted by atomic mass is 9.75. The van der Waals surface area contributed by atoms with Crippen LogP contribution in [0.2, 0.25) is 0 Å². The lowest BCUT2D eigenvalue weighted by Gasteiger charge is -2.44. The summed E-state index contributed by atoms with van der Waals surface area (Å²) in [5, 5.41) is 8.85. The minimum absolute atomic E-state index is 0.205. The summed E-state index contributed by atoms with van der Waals surface area (Å²) in [5.41, 5.74) is 6.83. The first kappa shape index (κ1) is 42.9. The largest absolute Gasteiger partial charge is 0.371 e. The second-order valence-corrected chi connectivity index (χ2v) is 13.2. The number of hydrogen-bond acceptors (Lipinski definition) is 4. The number of amides is 1. The number of hydrogen-bond donors (Lipinski definition) is 0. The third-order valence-electron chi connectivity index (χ3n) is 8.30. The van der Waals surface area contributed by atoms with Gasteiger partial charge in [-0.05, 0) is 90.4 Å². The monoisotopic (exact) mass is 633 g/mol. The van der Waals surface area contributed by atoms with Crippen molar-refractivity contribution in [1.82, 2.24) is 9.80 Å². The maximum absolute atomic E-state index is 12.8. The molecule has 258 valence electrons. The van der Waals surface area contributed by atoms with Gasteiger partial charge in [0.25, 0.3) is 0 Å². The molecule has 1 atom stereocenters. The molecule has 1 heterocycles. The third-order valence-corrected chi connectivity index (χ3v) is 8.30. The summed E-state index contributed by atoms with van der Waals surface area (Å²) >= 11 is 0. The average Bonchev–Trinajstić information content (AvgIpc) is 3.00. The standard InChI is InChI=1S/C26H43N3O.C13H19N.C2H6/c1-9-11-15-27-20(4)24(23(10-2)22-13-12-14-22)21(5)28-16-17-29(19(3)18-28)25(30)26(6,7)8;1-4-6-7-9-13(11-14)10-12(3)8-5-2;1-2/h10-11,15,19,22H,9,12-14,16-18H2,1-8H3;6-7,9-10H,4-5,8H2,1-3H3;1-2H3/b15-11+,23-10-,24-21-,27-20+;7-6+,12-10+,13-9+;. The molecule has 2 aliphatic rings. The quantitative estimate of drug-likeness (QED) is 0.129. The smallest absolute Gasteiger partial charge is 0.228 e. The minimum atomic E-state index is -0.330. The van der Waals surface area contributed by atoms with Crippen LogP contribution in [-0.2, 0) is 4.79 Å². The normalized spacial score (nSPS) is 19.2. The molecule has 5 nitrogen and oxygen atoms in total. The molecule has 0 spiro atoms. The van der Waals surface area contributed by atoms with Gasteiger partial charge in [-0.3, -0.25) is 9.79 Å². The highest BCUT2D eigenvalue weighted by atomic mass is 16.2. The number of carbonyl (C=O) groups excluding carboxylic acids is 1. The number of piperazine rings is 1. The molecule has 0 N–H and O–H groups in total. The first-order valence-electron chi connectivity index (χ1n) is 17.9. The molecule has 1 aliphatic carbocycles. The number of nitrogens with zero attached hydrogens (tertiary/aromatic N) is 4. The summed E-state index contributed by atoms with van der Waals surface area (Å²) in [4.78, 5) is 22.2. The first-order chi connectivity index (χ1) is 21.9. The predicted molar refractivity (Wildman–Crippen MR) is 202 cm³/mol. The molecule has 0 aromatic carbocycles. The van der Waals surface area contributed by atoms with Gasteiger partial charge in [-0.25, -0.2) is 0 Å². The van der Waals surface area contributed by atoms with Crippen molar-refractivity contribution in [3.63, 3.8) is 0 Å². The molecule has 1 saturated heterocycles. The molecule has 0 aromatic rings. The lowest BCUT2D eigenvalue weighted by Crippen LogP contribution is -2.56. The zero-order chi connectivity index (χ0) is 35.3. The van der Waals surface area contributed by atoms with Crippen LogP contribution < -0.4 is 0 Å². The molecule has 1 unspecified atom stereocenters. The number of carbonyl (C=O) groups is 1. The molecule has 1 saturated carbocycles. The maximum Gasteiger partial charge on any atom is 0.228 e. The SMILES string of the molecule is CC.CC/C=C/C=C(C#N)\C=C(/C)CCC.C\C=C(C(/C(C)=N/C=C/CC)=C(/C)N1CCN(C(=O)C(C)(C)C)C(C)C1)\C1CCC1. The second kappa shape index (κ2) is 23.2. The summed E-state index contributed by atoms with van der Waals surface area (Å²) in [6.07, 6.45) is 22.2. The van der Waals surface area contributed by atoms with Gasteiger partial charge in [0, 0.05) is 54.3 Å². The van der Waals surface area contributed by atoms with E-state index in [4.69, 9.17) is 10.3 Å². The molecule has 0 radical (unpaired) electrons. The van der Waals surface area contributed by atoms with Crippen molar-refractivity contribution in [2.45, 2.75) is 141 Å². The fourth-order valence-electron chi connectivity index (χ4n) is 5.63.